The van der Waals surface area contributed by atoms with Gasteiger partial charge >= 0.3 is 0 Å². The summed E-state index contributed by atoms with van der Waals surface area (Å²) in [5.74, 6) is -0.299. The molecule has 6 nitrogen and oxygen atoms in total. The van der Waals surface area contributed by atoms with Crippen molar-refractivity contribution in [2.24, 2.45) is 0 Å². The lowest BCUT2D eigenvalue weighted by Gasteiger charge is -2.03. The summed E-state index contributed by atoms with van der Waals surface area (Å²) in [6.45, 7) is 0.415. The molecule has 2 N–H and O–H groups in total. The molecule has 1 aromatic rings. The van der Waals surface area contributed by atoms with Crippen molar-refractivity contribution in [1.29, 1.82) is 0 Å². The molecule has 0 saturated heterocycles. The number of rotatable bonds is 5. The molecule has 0 atom stereocenters. The lowest BCUT2D eigenvalue weighted by molar-refractivity contribution is 0.0950. The first-order valence-corrected chi connectivity index (χ1v) is 6.93. The van der Waals surface area contributed by atoms with Crippen LogP contribution >= 0.6 is 11.3 Å². The van der Waals surface area contributed by atoms with Crippen LogP contribution in [0.2, 0.25) is 0 Å². The van der Waals surface area contributed by atoms with E-state index in [0.717, 1.165) is 6.26 Å². The van der Waals surface area contributed by atoms with Crippen LogP contribution in [0.1, 0.15) is 10.5 Å². The van der Waals surface area contributed by atoms with Gasteiger partial charge in [0.15, 0.2) is 0 Å². The average Bonchev–Trinajstić information content (AvgIpc) is 2.63. The van der Waals surface area contributed by atoms with Gasteiger partial charge in [0.1, 0.15) is 5.69 Å². The Morgan fingerprint density at radius 3 is 2.80 bits per heavy atom. The SMILES string of the molecule is CS(=O)(=O)NCCNC(=O)c1cscn1. The van der Waals surface area contributed by atoms with Crippen LogP contribution in [-0.2, 0) is 10.0 Å². The summed E-state index contributed by atoms with van der Waals surface area (Å²) in [6.07, 6.45) is 1.06. The van der Waals surface area contributed by atoms with Gasteiger partial charge in [-0.2, -0.15) is 0 Å². The maximum absolute atomic E-state index is 11.3. The first kappa shape index (κ1) is 12.1. The monoisotopic (exact) mass is 249 g/mol. The molecule has 1 heterocycles. The highest BCUT2D eigenvalue weighted by Crippen LogP contribution is 1.99. The van der Waals surface area contributed by atoms with Gasteiger partial charge in [-0.25, -0.2) is 18.1 Å². The third kappa shape index (κ3) is 4.86. The van der Waals surface area contributed by atoms with E-state index in [4.69, 9.17) is 0 Å². The molecule has 1 aromatic heterocycles. The maximum atomic E-state index is 11.3. The molecule has 1 amide bonds. The smallest absolute Gasteiger partial charge is 0.270 e. The van der Waals surface area contributed by atoms with Crippen LogP contribution < -0.4 is 10.0 Å². The van der Waals surface area contributed by atoms with Gasteiger partial charge in [0.2, 0.25) is 10.0 Å². The van der Waals surface area contributed by atoms with Crippen LogP contribution in [0, 0.1) is 0 Å². The standard InChI is InChI=1S/C7H11N3O3S2/c1-15(12,13)10-3-2-8-7(11)6-4-14-5-9-6/h4-5,10H,2-3H2,1H3,(H,8,11). The minimum atomic E-state index is -3.19. The molecule has 0 radical (unpaired) electrons. The van der Waals surface area contributed by atoms with Gasteiger partial charge in [-0.05, 0) is 0 Å². The third-order valence-corrected chi connectivity index (χ3v) is 2.75. The van der Waals surface area contributed by atoms with Crippen molar-refractivity contribution in [3.63, 3.8) is 0 Å². The summed E-state index contributed by atoms with van der Waals surface area (Å²) in [4.78, 5) is 15.1. The van der Waals surface area contributed by atoms with Crippen LogP contribution in [0.4, 0.5) is 0 Å². The summed E-state index contributed by atoms with van der Waals surface area (Å²) in [5, 5.41) is 4.16. The fourth-order valence-corrected chi connectivity index (χ4v) is 1.83. The summed E-state index contributed by atoms with van der Waals surface area (Å²) in [6, 6.07) is 0. The maximum Gasteiger partial charge on any atom is 0.270 e. The van der Waals surface area contributed by atoms with Gasteiger partial charge < -0.3 is 5.32 Å². The zero-order valence-electron chi connectivity index (χ0n) is 8.06. The lowest BCUT2D eigenvalue weighted by atomic mass is 10.4. The van der Waals surface area contributed by atoms with E-state index in [1.165, 1.54) is 11.3 Å². The first-order chi connectivity index (χ1) is 6.99. The van der Waals surface area contributed by atoms with E-state index < -0.39 is 10.0 Å². The van der Waals surface area contributed by atoms with Crippen LogP contribution in [-0.4, -0.2) is 38.7 Å². The number of carbonyl (C=O) groups is 1. The molecule has 1 rings (SSSR count). The number of sulfonamides is 1. The number of nitrogens with zero attached hydrogens (tertiary/aromatic N) is 1. The Morgan fingerprint density at radius 1 is 1.53 bits per heavy atom. The van der Waals surface area contributed by atoms with Gasteiger partial charge in [0, 0.05) is 18.5 Å². The summed E-state index contributed by atoms with van der Waals surface area (Å²) >= 11 is 1.33. The number of amides is 1. The fraction of sp³-hybridized carbons (Fsp3) is 0.429. The van der Waals surface area contributed by atoms with Crippen molar-refractivity contribution >= 4 is 27.3 Å². The van der Waals surface area contributed by atoms with Gasteiger partial charge in [0.05, 0.1) is 11.8 Å². The molecule has 8 heteroatoms. The van der Waals surface area contributed by atoms with Crippen LogP contribution in [0.3, 0.4) is 0 Å². The summed E-state index contributed by atoms with van der Waals surface area (Å²) in [7, 11) is -3.19. The largest absolute Gasteiger partial charge is 0.349 e. The van der Waals surface area contributed by atoms with Crippen molar-refractivity contribution in [1.82, 2.24) is 15.0 Å². The Bertz CT molecular complexity index is 413. The molecule has 84 valence electrons. The van der Waals surface area contributed by atoms with Crippen molar-refractivity contribution in [3.05, 3.63) is 16.6 Å². The highest BCUT2D eigenvalue weighted by molar-refractivity contribution is 7.88. The van der Waals surface area contributed by atoms with Crippen molar-refractivity contribution in [3.8, 4) is 0 Å². The first-order valence-electron chi connectivity index (χ1n) is 4.10. The molecule has 15 heavy (non-hydrogen) atoms. The number of nitrogens with one attached hydrogen (secondary N) is 2. The molecule has 0 aliphatic rings. The molecule has 0 unspecified atom stereocenters. The highest BCUT2D eigenvalue weighted by Gasteiger charge is 2.06. The molecule has 0 saturated carbocycles. The zero-order chi connectivity index (χ0) is 11.3. The lowest BCUT2D eigenvalue weighted by Crippen LogP contribution is -2.34. The van der Waals surface area contributed by atoms with Crippen molar-refractivity contribution in [2.45, 2.75) is 0 Å². The summed E-state index contributed by atoms with van der Waals surface area (Å²) < 4.78 is 23.6. The summed E-state index contributed by atoms with van der Waals surface area (Å²) in [5.41, 5.74) is 1.91. The average molecular weight is 249 g/mol. The fourth-order valence-electron chi connectivity index (χ4n) is 0.828. The number of hydrogen-bond acceptors (Lipinski definition) is 5. The van der Waals surface area contributed by atoms with E-state index in [2.05, 4.69) is 15.0 Å². The number of carbonyl (C=O) groups excluding carboxylic acids is 1. The number of hydrogen-bond donors (Lipinski definition) is 2. The second-order valence-electron chi connectivity index (χ2n) is 2.80. The predicted molar refractivity (Wildman–Crippen MR) is 57.3 cm³/mol. The van der Waals surface area contributed by atoms with Crippen LogP contribution in [0.25, 0.3) is 0 Å². The molecule has 0 bridgehead atoms. The highest BCUT2D eigenvalue weighted by atomic mass is 32.2. The van der Waals surface area contributed by atoms with Crippen LogP contribution in [0.15, 0.2) is 10.9 Å². The van der Waals surface area contributed by atoms with E-state index in [0.29, 0.717) is 5.69 Å². The quantitative estimate of drug-likeness (QED) is 0.683. The van der Waals surface area contributed by atoms with Gasteiger partial charge in [-0.15, -0.1) is 11.3 Å². The molecular formula is C7H11N3O3S2. The van der Waals surface area contributed by atoms with Crippen LogP contribution in [0.5, 0.6) is 0 Å². The Hall–Kier alpha value is -0.990. The third-order valence-electron chi connectivity index (χ3n) is 1.44. The Balaban J connectivity index is 2.24. The molecule has 0 aliphatic heterocycles. The van der Waals surface area contributed by atoms with Gasteiger partial charge in [-0.1, -0.05) is 0 Å². The molecule has 0 fully saturated rings. The Kier molecular flexibility index (Phi) is 4.18. The van der Waals surface area contributed by atoms with E-state index >= 15 is 0 Å². The minimum absolute atomic E-state index is 0.175. The van der Waals surface area contributed by atoms with Gasteiger partial charge in [0.25, 0.3) is 5.91 Å². The van der Waals surface area contributed by atoms with E-state index in [1.807, 2.05) is 0 Å². The number of aromatic nitrogens is 1. The Labute approximate surface area is 91.8 Å². The second kappa shape index (κ2) is 5.19. The number of thiazole rings is 1. The van der Waals surface area contributed by atoms with Gasteiger partial charge in [-0.3, -0.25) is 4.79 Å². The van der Waals surface area contributed by atoms with Crippen molar-refractivity contribution in [2.75, 3.05) is 19.3 Å². The molecule has 0 aromatic carbocycles. The second-order valence-corrected chi connectivity index (χ2v) is 5.35. The molecular weight excluding hydrogens is 238 g/mol. The minimum Gasteiger partial charge on any atom is -0.349 e. The Morgan fingerprint density at radius 2 is 2.27 bits per heavy atom. The van der Waals surface area contributed by atoms with E-state index in [1.54, 1.807) is 10.9 Å². The molecule has 0 spiro atoms. The molecule has 0 aliphatic carbocycles. The van der Waals surface area contributed by atoms with E-state index in [9.17, 15) is 13.2 Å². The topological polar surface area (TPSA) is 88.2 Å². The predicted octanol–water partition coefficient (Wildman–Crippen LogP) is -0.578. The van der Waals surface area contributed by atoms with Crippen molar-refractivity contribution < 1.29 is 13.2 Å². The zero-order valence-corrected chi connectivity index (χ0v) is 9.69. The van der Waals surface area contributed by atoms with E-state index in [-0.39, 0.29) is 19.0 Å². The normalized spacial score (nSPS) is 11.3.